The molecule has 1 amide bonds. The van der Waals surface area contributed by atoms with Gasteiger partial charge in [-0.15, -0.1) is 0 Å². The molecule has 104 valence electrons. The molecule has 0 heterocycles. The number of halogens is 2. The van der Waals surface area contributed by atoms with E-state index < -0.39 is 17.5 Å². The molecular formula is C14H12F2N2O2. The SMILES string of the molecule is NC(=O)c1ccc(COc2cccc(F)c2F)c(N)c1. The van der Waals surface area contributed by atoms with Gasteiger partial charge in [-0.3, -0.25) is 4.79 Å². The van der Waals surface area contributed by atoms with Gasteiger partial charge in [-0.2, -0.15) is 4.39 Å². The van der Waals surface area contributed by atoms with Crippen molar-refractivity contribution in [2.24, 2.45) is 5.73 Å². The molecule has 4 nitrogen and oxygen atoms in total. The molecule has 0 bridgehead atoms. The second kappa shape index (κ2) is 5.56. The van der Waals surface area contributed by atoms with Gasteiger partial charge in [-0.25, -0.2) is 4.39 Å². The number of hydrogen-bond acceptors (Lipinski definition) is 3. The first-order valence-electron chi connectivity index (χ1n) is 5.74. The van der Waals surface area contributed by atoms with Crippen molar-refractivity contribution < 1.29 is 18.3 Å². The average Bonchev–Trinajstić information content (AvgIpc) is 2.41. The first kappa shape index (κ1) is 13.8. The summed E-state index contributed by atoms with van der Waals surface area (Å²) in [7, 11) is 0. The second-order valence-electron chi connectivity index (χ2n) is 4.12. The molecule has 2 aromatic rings. The first-order chi connectivity index (χ1) is 9.49. The number of nitrogen functional groups attached to an aromatic ring is 1. The molecule has 0 aliphatic rings. The molecule has 0 saturated heterocycles. The van der Waals surface area contributed by atoms with E-state index in [1.165, 1.54) is 24.3 Å². The second-order valence-corrected chi connectivity index (χ2v) is 4.12. The quantitative estimate of drug-likeness (QED) is 0.842. The molecule has 0 aromatic heterocycles. The number of primary amides is 1. The summed E-state index contributed by atoms with van der Waals surface area (Å²) in [4.78, 5) is 11.0. The van der Waals surface area contributed by atoms with Gasteiger partial charge >= 0.3 is 0 Å². The fourth-order valence-corrected chi connectivity index (χ4v) is 1.63. The minimum absolute atomic E-state index is 0.0503. The molecule has 0 atom stereocenters. The third-order valence-corrected chi connectivity index (χ3v) is 2.73. The van der Waals surface area contributed by atoms with Crippen molar-refractivity contribution in [1.82, 2.24) is 0 Å². The zero-order chi connectivity index (χ0) is 14.7. The van der Waals surface area contributed by atoms with Gasteiger partial charge in [0.2, 0.25) is 11.7 Å². The van der Waals surface area contributed by atoms with Crippen LogP contribution in [-0.4, -0.2) is 5.91 Å². The third kappa shape index (κ3) is 2.85. The van der Waals surface area contributed by atoms with Gasteiger partial charge in [0.05, 0.1) is 0 Å². The van der Waals surface area contributed by atoms with Crippen molar-refractivity contribution >= 4 is 11.6 Å². The summed E-state index contributed by atoms with van der Waals surface area (Å²) in [6.07, 6.45) is 0. The summed E-state index contributed by atoms with van der Waals surface area (Å²) < 4.78 is 31.6. The van der Waals surface area contributed by atoms with Crippen LogP contribution < -0.4 is 16.2 Å². The number of amides is 1. The van der Waals surface area contributed by atoms with E-state index in [1.807, 2.05) is 0 Å². The van der Waals surface area contributed by atoms with E-state index >= 15 is 0 Å². The minimum Gasteiger partial charge on any atom is -0.486 e. The summed E-state index contributed by atoms with van der Waals surface area (Å²) in [6.45, 7) is -0.0503. The molecule has 20 heavy (non-hydrogen) atoms. The Morgan fingerprint density at radius 1 is 1.20 bits per heavy atom. The summed E-state index contributed by atoms with van der Waals surface area (Å²) in [6, 6.07) is 8.09. The smallest absolute Gasteiger partial charge is 0.248 e. The maximum absolute atomic E-state index is 13.4. The molecule has 2 aromatic carbocycles. The topological polar surface area (TPSA) is 78.3 Å². The van der Waals surface area contributed by atoms with Crippen molar-refractivity contribution in [2.45, 2.75) is 6.61 Å². The lowest BCUT2D eigenvalue weighted by Gasteiger charge is -2.10. The number of nitrogens with two attached hydrogens (primary N) is 2. The van der Waals surface area contributed by atoms with Crippen molar-refractivity contribution in [1.29, 1.82) is 0 Å². The molecule has 0 spiro atoms. The first-order valence-corrected chi connectivity index (χ1v) is 5.74. The number of carbonyl (C=O) groups is 1. The molecule has 0 saturated carbocycles. The Morgan fingerprint density at radius 2 is 1.95 bits per heavy atom. The zero-order valence-electron chi connectivity index (χ0n) is 10.4. The van der Waals surface area contributed by atoms with Crippen molar-refractivity contribution in [2.75, 3.05) is 5.73 Å². The molecule has 0 unspecified atom stereocenters. The van der Waals surface area contributed by atoms with E-state index in [0.717, 1.165) is 6.07 Å². The average molecular weight is 278 g/mol. The summed E-state index contributed by atoms with van der Waals surface area (Å²) >= 11 is 0. The molecule has 4 N–H and O–H groups in total. The van der Waals surface area contributed by atoms with Gasteiger partial charge in [0, 0.05) is 16.8 Å². The zero-order valence-corrected chi connectivity index (χ0v) is 10.4. The van der Waals surface area contributed by atoms with E-state index in [2.05, 4.69) is 0 Å². The van der Waals surface area contributed by atoms with Gasteiger partial charge in [0.25, 0.3) is 0 Å². The lowest BCUT2D eigenvalue weighted by molar-refractivity contribution is 0.100. The van der Waals surface area contributed by atoms with Crippen LogP contribution in [0.5, 0.6) is 5.75 Å². The number of ether oxygens (including phenoxy) is 1. The highest BCUT2D eigenvalue weighted by Gasteiger charge is 2.10. The van der Waals surface area contributed by atoms with Gasteiger partial charge < -0.3 is 16.2 Å². The van der Waals surface area contributed by atoms with E-state index in [9.17, 15) is 13.6 Å². The summed E-state index contributed by atoms with van der Waals surface area (Å²) in [5, 5.41) is 0. The Morgan fingerprint density at radius 3 is 2.60 bits per heavy atom. The fraction of sp³-hybridized carbons (Fsp3) is 0.0714. The van der Waals surface area contributed by atoms with Crippen LogP contribution in [0.1, 0.15) is 15.9 Å². The number of rotatable bonds is 4. The number of anilines is 1. The van der Waals surface area contributed by atoms with Gasteiger partial charge in [0.15, 0.2) is 11.6 Å². The fourth-order valence-electron chi connectivity index (χ4n) is 1.63. The largest absolute Gasteiger partial charge is 0.486 e. The van der Waals surface area contributed by atoms with Crippen LogP contribution in [0, 0.1) is 11.6 Å². The van der Waals surface area contributed by atoms with Crippen LogP contribution in [0.15, 0.2) is 36.4 Å². The Balaban J connectivity index is 2.15. The standard InChI is InChI=1S/C14H12F2N2O2/c15-10-2-1-3-12(13(10)16)20-7-9-5-4-8(14(18)19)6-11(9)17/h1-6H,7,17H2,(H2,18,19). The van der Waals surface area contributed by atoms with Crippen LogP contribution in [0.4, 0.5) is 14.5 Å². The third-order valence-electron chi connectivity index (χ3n) is 2.73. The van der Waals surface area contributed by atoms with Crippen molar-refractivity contribution in [3.05, 3.63) is 59.2 Å². The van der Waals surface area contributed by atoms with Crippen LogP contribution in [0.3, 0.4) is 0 Å². The molecule has 0 fully saturated rings. The Bertz CT molecular complexity index is 660. The monoisotopic (exact) mass is 278 g/mol. The molecule has 0 aliphatic heterocycles. The molecule has 0 radical (unpaired) electrons. The van der Waals surface area contributed by atoms with Gasteiger partial charge in [0.1, 0.15) is 6.61 Å². The maximum atomic E-state index is 13.4. The van der Waals surface area contributed by atoms with Crippen LogP contribution in [-0.2, 0) is 6.61 Å². The highest BCUT2D eigenvalue weighted by Crippen LogP contribution is 2.22. The van der Waals surface area contributed by atoms with Crippen LogP contribution >= 0.6 is 0 Å². The molecule has 2 rings (SSSR count). The van der Waals surface area contributed by atoms with E-state index in [4.69, 9.17) is 16.2 Å². The van der Waals surface area contributed by atoms with Gasteiger partial charge in [-0.05, 0) is 24.3 Å². The Hall–Kier alpha value is -2.63. The maximum Gasteiger partial charge on any atom is 0.248 e. The summed E-state index contributed by atoms with van der Waals surface area (Å²) in [5.41, 5.74) is 12.0. The predicted octanol–water partition coefficient (Wildman–Crippen LogP) is 2.22. The normalized spacial score (nSPS) is 10.3. The van der Waals surface area contributed by atoms with Crippen molar-refractivity contribution in [3.63, 3.8) is 0 Å². The van der Waals surface area contributed by atoms with Crippen LogP contribution in [0.25, 0.3) is 0 Å². The van der Waals surface area contributed by atoms with E-state index in [0.29, 0.717) is 5.56 Å². The molecule has 0 aliphatic carbocycles. The van der Waals surface area contributed by atoms with Crippen LogP contribution in [0.2, 0.25) is 0 Å². The van der Waals surface area contributed by atoms with Gasteiger partial charge in [-0.1, -0.05) is 12.1 Å². The van der Waals surface area contributed by atoms with E-state index in [-0.39, 0.29) is 23.6 Å². The number of benzene rings is 2. The molecule has 6 heteroatoms. The number of carbonyl (C=O) groups excluding carboxylic acids is 1. The lowest BCUT2D eigenvalue weighted by atomic mass is 10.1. The van der Waals surface area contributed by atoms with E-state index in [1.54, 1.807) is 6.07 Å². The Labute approximate surface area is 114 Å². The molecular weight excluding hydrogens is 266 g/mol. The Kier molecular flexibility index (Phi) is 3.84. The lowest BCUT2D eigenvalue weighted by Crippen LogP contribution is -2.12. The highest BCUT2D eigenvalue weighted by atomic mass is 19.2. The minimum atomic E-state index is -1.06. The highest BCUT2D eigenvalue weighted by molar-refractivity contribution is 5.93. The number of hydrogen-bond donors (Lipinski definition) is 2. The van der Waals surface area contributed by atoms with Crippen molar-refractivity contribution in [3.8, 4) is 5.75 Å². The predicted molar refractivity (Wildman–Crippen MR) is 70.1 cm³/mol. The summed E-state index contributed by atoms with van der Waals surface area (Å²) in [5.74, 6) is -2.84.